The molecule has 1 saturated heterocycles. The maximum atomic E-state index is 12.8. The molecular weight excluding hydrogens is 344 g/mol. The number of carbonyl (C=O) groups is 2. The highest BCUT2D eigenvalue weighted by Crippen LogP contribution is 2.28. The summed E-state index contributed by atoms with van der Waals surface area (Å²) in [5, 5.41) is 0. The third-order valence-corrected chi connectivity index (χ3v) is 4.82. The number of ether oxygens (including phenoxy) is 2. The lowest BCUT2D eigenvalue weighted by Crippen LogP contribution is -2.48. The van der Waals surface area contributed by atoms with Crippen LogP contribution in [-0.4, -0.2) is 57.0 Å². The lowest BCUT2D eigenvalue weighted by molar-refractivity contribution is 0.0746. The number of rotatable bonds is 5. The number of hydrogen-bond donors (Lipinski definition) is 0. The predicted octanol–water partition coefficient (Wildman–Crippen LogP) is 2.87. The van der Waals surface area contributed by atoms with Crippen molar-refractivity contribution in [2.24, 2.45) is 0 Å². The minimum absolute atomic E-state index is 0.0203. The molecule has 1 amide bonds. The summed E-state index contributed by atoms with van der Waals surface area (Å²) in [6.07, 6.45) is 0. The van der Waals surface area contributed by atoms with Gasteiger partial charge in [-0.15, -0.1) is 0 Å². The van der Waals surface area contributed by atoms with Gasteiger partial charge >= 0.3 is 0 Å². The number of Topliss-reactive ketones (excluding diaryl/α,β-unsaturated/α-hetero) is 1. The van der Waals surface area contributed by atoms with Crippen LogP contribution in [0.3, 0.4) is 0 Å². The van der Waals surface area contributed by atoms with Gasteiger partial charge in [-0.3, -0.25) is 9.59 Å². The third kappa shape index (κ3) is 4.05. The number of carbonyl (C=O) groups excluding carboxylic acids is 2. The van der Waals surface area contributed by atoms with Gasteiger partial charge in [-0.1, -0.05) is 12.1 Å². The summed E-state index contributed by atoms with van der Waals surface area (Å²) in [5.41, 5.74) is 2.30. The normalized spacial score (nSPS) is 14.0. The van der Waals surface area contributed by atoms with Crippen LogP contribution < -0.4 is 14.4 Å². The van der Waals surface area contributed by atoms with Crippen molar-refractivity contribution >= 4 is 17.4 Å². The smallest absolute Gasteiger partial charge is 0.254 e. The molecule has 6 heteroatoms. The molecule has 1 aliphatic heterocycles. The van der Waals surface area contributed by atoms with Crippen LogP contribution >= 0.6 is 0 Å². The number of amides is 1. The van der Waals surface area contributed by atoms with E-state index in [2.05, 4.69) is 4.90 Å². The molecule has 0 aromatic heterocycles. The molecule has 0 N–H and O–H groups in total. The molecule has 2 aromatic rings. The Labute approximate surface area is 159 Å². The highest BCUT2D eigenvalue weighted by Gasteiger charge is 2.23. The molecule has 0 saturated carbocycles. The second-order valence-electron chi connectivity index (χ2n) is 6.46. The summed E-state index contributed by atoms with van der Waals surface area (Å²) in [4.78, 5) is 28.4. The maximum Gasteiger partial charge on any atom is 0.254 e. The van der Waals surface area contributed by atoms with E-state index in [-0.39, 0.29) is 11.7 Å². The minimum atomic E-state index is -0.0203. The Balaban J connectivity index is 1.68. The Hall–Kier alpha value is -3.02. The highest BCUT2D eigenvalue weighted by atomic mass is 16.5. The van der Waals surface area contributed by atoms with Gasteiger partial charge in [-0.25, -0.2) is 0 Å². The molecule has 0 bridgehead atoms. The molecular formula is C21H24N2O4. The zero-order valence-corrected chi connectivity index (χ0v) is 15.9. The number of nitrogens with zero attached hydrogens (tertiary/aromatic N) is 2. The zero-order valence-electron chi connectivity index (χ0n) is 15.9. The lowest BCUT2D eigenvalue weighted by atomic mass is 10.1. The summed E-state index contributed by atoms with van der Waals surface area (Å²) in [6, 6.07) is 12.8. The van der Waals surface area contributed by atoms with Gasteiger partial charge in [0.1, 0.15) is 0 Å². The van der Waals surface area contributed by atoms with Crippen molar-refractivity contribution in [1.29, 1.82) is 0 Å². The number of anilines is 1. The van der Waals surface area contributed by atoms with Crippen LogP contribution in [0.15, 0.2) is 42.5 Å². The number of ketones is 1. The van der Waals surface area contributed by atoms with Gasteiger partial charge in [0.05, 0.1) is 14.2 Å². The van der Waals surface area contributed by atoms with Crippen molar-refractivity contribution in [2.45, 2.75) is 6.92 Å². The quantitative estimate of drug-likeness (QED) is 0.760. The molecule has 142 valence electrons. The summed E-state index contributed by atoms with van der Waals surface area (Å²) in [7, 11) is 3.12. The van der Waals surface area contributed by atoms with Gasteiger partial charge in [-0.2, -0.15) is 0 Å². The van der Waals surface area contributed by atoms with Crippen molar-refractivity contribution < 1.29 is 19.1 Å². The van der Waals surface area contributed by atoms with Crippen LogP contribution in [-0.2, 0) is 0 Å². The largest absolute Gasteiger partial charge is 0.493 e. The average molecular weight is 368 g/mol. The number of benzene rings is 2. The fourth-order valence-corrected chi connectivity index (χ4v) is 3.24. The van der Waals surface area contributed by atoms with E-state index >= 15 is 0 Å². The molecule has 0 unspecified atom stereocenters. The Morgan fingerprint density at radius 2 is 1.56 bits per heavy atom. The van der Waals surface area contributed by atoms with Gasteiger partial charge in [0, 0.05) is 43.0 Å². The maximum absolute atomic E-state index is 12.8. The minimum Gasteiger partial charge on any atom is -0.493 e. The van der Waals surface area contributed by atoms with Crippen LogP contribution in [0.2, 0.25) is 0 Å². The fraction of sp³-hybridized carbons (Fsp3) is 0.333. The molecule has 3 rings (SSSR count). The first-order valence-corrected chi connectivity index (χ1v) is 8.90. The van der Waals surface area contributed by atoms with E-state index in [0.717, 1.165) is 18.8 Å². The van der Waals surface area contributed by atoms with Gasteiger partial charge in [0.15, 0.2) is 17.3 Å². The second kappa shape index (κ2) is 8.12. The van der Waals surface area contributed by atoms with E-state index in [1.807, 2.05) is 29.2 Å². The van der Waals surface area contributed by atoms with Crippen LogP contribution in [0.4, 0.5) is 5.69 Å². The molecule has 1 aliphatic rings. The molecule has 1 heterocycles. The van der Waals surface area contributed by atoms with Crippen molar-refractivity contribution in [2.75, 3.05) is 45.3 Å². The van der Waals surface area contributed by atoms with Crippen molar-refractivity contribution in [1.82, 2.24) is 4.90 Å². The van der Waals surface area contributed by atoms with Crippen molar-refractivity contribution in [3.63, 3.8) is 0 Å². The standard InChI is InChI=1S/C21H24N2O4/c1-15(24)16-5-4-6-18(13-16)22-9-11-23(12-10-22)21(25)17-7-8-19(26-2)20(14-17)27-3/h4-8,13-14H,9-12H2,1-3H3. The van der Waals surface area contributed by atoms with Gasteiger partial charge < -0.3 is 19.3 Å². The first kappa shape index (κ1) is 18.8. The topological polar surface area (TPSA) is 59.1 Å². The summed E-state index contributed by atoms with van der Waals surface area (Å²) >= 11 is 0. The number of hydrogen-bond acceptors (Lipinski definition) is 5. The van der Waals surface area contributed by atoms with E-state index in [0.29, 0.717) is 35.7 Å². The third-order valence-electron chi connectivity index (χ3n) is 4.82. The zero-order chi connectivity index (χ0) is 19.4. The van der Waals surface area contributed by atoms with Gasteiger partial charge in [0.25, 0.3) is 5.91 Å². The van der Waals surface area contributed by atoms with Crippen molar-refractivity contribution in [3.8, 4) is 11.5 Å². The van der Waals surface area contributed by atoms with Crippen LogP contribution in [0.25, 0.3) is 0 Å². The molecule has 0 radical (unpaired) electrons. The first-order chi connectivity index (χ1) is 13.0. The van der Waals surface area contributed by atoms with Gasteiger partial charge in [0.2, 0.25) is 0 Å². The first-order valence-electron chi connectivity index (χ1n) is 8.90. The molecule has 0 atom stereocenters. The fourth-order valence-electron chi connectivity index (χ4n) is 3.24. The number of methoxy groups -OCH3 is 2. The van der Waals surface area contributed by atoms with Crippen LogP contribution in [0.1, 0.15) is 27.6 Å². The van der Waals surface area contributed by atoms with Crippen LogP contribution in [0.5, 0.6) is 11.5 Å². The molecule has 2 aromatic carbocycles. The second-order valence-corrected chi connectivity index (χ2v) is 6.46. The highest BCUT2D eigenvalue weighted by molar-refractivity contribution is 5.95. The van der Waals surface area contributed by atoms with Crippen LogP contribution in [0, 0.1) is 0 Å². The van der Waals surface area contributed by atoms with E-state index < -0.39 is 0 Å². The number of piperazine rings is 1. The molecule has 27 heavy (non-hydrogen) atoms. The SMILES string of the molecule is COc1ccc(C(=O)N2CCN(c3cccc(C(C)=O)c3)CC2)cc1OC. The molecule has 0 spiro atoms. The van der Waals surface area contributed by atoms with Gasteiger partial charge in [-0.05, 0) is 37.3 Å². The Morgan fingerprint density at radius 3 is 2.19 bits per heavy atom. The Bertz CT molecular complexity index is 842. The monoisotopic (exact) mass is 368 g/mol. The lowest BCUT2D eigenvalue weighted by Gasteiger charge is -2.36. The average Bonchev–Trinajstić information content (AvgIpc) is 2.72. The molecule has 1 fully saturated rings. The molecule has 0 aliphatic carbocycles. The Morgan fingerprint density at radius 1 is 0.852 bits per heavy atom. The summed E-state index contributed by atoms with van der Waals surface area (Å²) in [5.74, 6) is 1.18. The van der Waals surface area contributed by atoms with E-state index in [9.17, 15) is 9.59 Å². The van der Waals surface area contributed by atoms with Crippen molar-refractivity contribution in [3.05, 3.63) is 53.6 Å². The Kier molecular flexibility index (Phi) is 5.64. The van der Waals surface area contributed by atoms with E-state index in [1.165, 1.54) is 0 Å². The van der Waals surface area contributed by atoms with E-state index in [1.54, 1.807) is 39.3 Å². The summed E-state index contributed by atoms with van der Waals surface area (Å²) in [6.45, 7) is 4.26. The van der Waals surface area contributed by atoms with E-state index in [4.69, 9.17) is 9.47 Å². The summed E-state index contributed by atoms with van der Waals surface area (Å²) < 4.78 is 10.5. The predicted molar refractivity (Wildman–Crippen MR) is 104 cm³/mol. The molecule has 6 nitrogen and oxygen atoms in total.